The van der Waals surface area contributed by atoms with Crippen molar-refractivity contribution in [2.24, 2.45) is 5.92 Å². The van der Waals surface area contributed by atoms with Gasteiger partial charge in [0.2, 0.25) is 0 Å². The first kappa shape index (κ1) is 15.1. The van der Waals surface area contributed by atoms with Gasteiger partial charge in [0.25, 0.3) is 0 Å². The number of anilines is 1. The maximum absolute atomic E-state index is 11.5. The molecule has 0 amide bonds. The zero-order valence-corrected chi connectivity index (χ0v) is 12.5. The van der Waals surface area contributed by atoms with E-state index in [1.165, 1.54) is 11.8 Å². The maximum atomic E-state index is 11.5. The zero-order chi connectivity index (χ0) is 13.5. The van der Waals surface area contributed by atoms with Crippen molar-refractivity contribution in [2.75, 3.05) is 11.1 Å². The second-order valence-corrected chi connectivity index (χ2v) is 6.15. The fourth-order valence-electron chi connectivity index (χ4n) is 1.41. The average Bonchev–Trinajstić information content (AvgIpc) is 2.25. The number of thioether (sulfide) groups is 1. The fourth-order valence-corrected chi connectivity index (χ4v) is 2.28. The standard InChI is InChI=1S/C13H18N2OS2/c1-9(2)7-11(16)8-18-13(17)15-12-6-4-5-10(3)14-12/h4-6,9H,7-8H2,1-3H3,(H,14,15,17). The highest BCUT2D eigenvalue weighted by molar-refractivity contribution is 8.23. The number of ketones is 1. The third-order valence-corrected chi connectivity index (χ3v) is 3.40. The van der Waals surface area contributed by atoms with E-state index in [1.54, 1.807) is 0 Å². The lowest BCUT2D eigenvalue weighted by Gasteiger charge is -2.07. The Balaban J connectivity index is 2.36. The Morgan fingerprint density at radius 2 is 2.22 bits per heavy atom. The van der Waals surface area contributed by atoms with Gasteiger partial charge in [-0.1, -0.05) is 43.9 Å². The van der Waals surface area contributed by atoms with Gasteiger partial charge < -0.3 is 5.32 Å². The molecule has 1 aromatic rings. The van der Waals surface area contributed by atoms with Crippen LogP contribution in [0.3, 0.4) is 0 Å². The summed E-state index contributed by atoms with van der Waals surface area (Å²) in [5.41, 5.74) is 0.934. The van der Waals surface area contributed by atoms with E-state index in [1.807, 2.05) is 39.0 Å². The molecule has 0 radical (unpaired) electrons. The smallest absolute Gasteiger partial charge is 0.143 e. The SMILES string of the molecule is Cc1cccc(NC(=S)SCC(=O)CC(C)C)n1. The van der Waals surface area contributed by atoms with Crippen LogP contribution in [0.2, 0.25) is 0 Å². The molecule has 0 aliphatic heterocycles. The number of aryl methyl sites for hydroxylation is 1. The number of hydrogen-bond donors (Lipinski definition) is 1. The van der Waals surface area contributed by atoms with Crippen LogP contribution in [0, 0.1) is 12.8 Å². The minimum Gasteiger partial charge on any atom is -0.326 e. The second-order valence-electron chi connectivity index (χ2n) is 4.50. The van der Waals surface area contributed by atoms with Gasteiger partial charge in [-0.05, 0) is 25.0 Å². The quantitative estimate of drug-likeness (QED) is 0.838. The fraction of sp³-hybridized carbons (Fsp3) is 0.462. The minimum absolute atomic E-state index is 0.233. The van der Waals surface area contributed by atoms with E-state index in [4.69, 9.17) is 12.2 Å². The highest BCUT2D eigenvalue weighted by atomic mass is 32.2. The summed E-state index contributed by atoms with van der Waals surface area (Å²) in [6.07, 6.45) is 0.609. The van der Waals surface area contributed by atoms with Gasteiger partial charge in [0.05, 0.1) is 5.75 Å². The minimum atomic E-state index is 0.233. The van der Waals surface area contributed by atoms with Crippen LogP contribution in [-0.2, 0) is 4.79 Å². The van der Waals surface area contributed by atoms with E-state index in [9.17, 15) is 4.79 Å². The number of nitrogens with one attached hydrogen (secondary N) is 1. The van der Waals surface area contributed by atoms with Gasteiger partial charge >= 0.3 is 0 Å². The summed E-state index contributed by atoms with van der Waals surface area (Å²) >= 11 is 6.53. The van der Waals surface area contributed by atoms with Crippen LogP contribution in [0.4, 0.5) is 5.82 Å². The number of carbonyl (C=O) groups is 1. The predicted octanol–water partition coefficient (Wildman–Crippen LogP) is 3.44. The highest BCUT2D eigenvalue weighted by Gasteiger charge is 2.07. The van der Waals surface area contributed by atoms with Crippen LogP contribution < -0.4 is 5.32 Å². The first-order valence-corrected chi connectivity index (χ1v) is 7.26. The first-order valence-electron chi connectivity index (χ1n) is 5.86. The van der Waals surface area contributed by atoms with Crippen LogP contribution >= 0.6 is 24.0 Å². The molecule has 5 heteroatoms. The van der Waals surface area contributed by atoms with Crippen molar-refractivity contribution in [1.29, 1.82) is 0 Å². The predicted molar refractivity (Wildman–Crippen MR) is 82.1 cm³/mol. The van der Waals surface area contributed by atoms with E-state index < -0.39 is 0 Å². The Morgan fingerprint density at radius 3 is 2.83 bits per heavy atom. The lowest BCUT2D eigenvalue weighted by Crippen LogP contribution is -2.12. The first-order chi connectivity index (χ1) is 8.47. The zero-order valence-electron chi connectivity index (χ0n) is 10.9. The summed E-state index contributed by atoms with van der Waals surface area (Å²) < 4.78 is 0.588. The van der Waals surface area contributed by atoms with Crippen molar-refractivity contribution in [3.8, 4) is 0 Å². The summed E-state index contributed by atoms with van der Waals surface area (Å²) in [5, 5.41) is 3.02. The second kappa shape index (κ2) is 7.48. The maximum Gasteiger partial charge on any atom is 0.143 e. The summed E-state index contributed by atoms with van der Waals surface area (Å²) in [7, 11) is 0. The monoisotopic (exact) mass is 282 g/mol. The summed E-state index contributed by atoms with van der Waals surface area (Å²) in [4.78, 5) is 15.8. The van der Waals surface area contributed by atoms with Crippen molar-refractivity contribution in [3.05, 3.63) is 23.9 Å². The van der Waals surface area contributed by atoms with Crippen molar-refractivity contribution in [1.82, 2.24) is 4.98 Å². The molecule has 98 valence electrons. The number of aromatic nitrogens is 1. The molecule has 1 N–H and O–H groups in total. The molecule has 1 aromatic heterocycles. The summed E-state index contributed by atoms with van der Waals surface area (Å²) in [6, 6.07) is 5.70. The van der Waals surface area contributed by atoms with E-state index in [-0.39, 0.29) is 5.78 Å². The van der Waals surface area contributed by atoms with E-state index in [0.717, 1.165) is 11.5 Å². The molecule has 0 spiro atoms. The molecule has 0 aliphatic carbocycles. The molecule has 0 saturated carbocycles. The topological polar surface area (TPSA) is 42.0 Å². The molecular formula is C13H18N2OS2. The third-order valence-electron chi connectivity index (χ3n) is 2.12. The molecule has 1 rings (SSSR count). The van der Waals surface area contributed by atoms with Crippen LogP contribution in [0.5, 0.6) is 0 Å². The third kappa shape index (κ3) is 6.12. The Bertz CT molecular complexity index is 433. The number of carbonyl (C=O) groups excluding carboxylic acids is 1. The number of hydrogen-bond acceptors (Lipinski definition) is 4. The normalized spacial score (nSPS) is 10.4. The van der Waals surface area contributed by atoms with Crippen molar-refractivity contribution in [2.45, 2.75) is 27.2 Å². The summed E-state index contributed by atoms with van der Waals surface area (Å²) in [6.45, 7) is 6.00. The molecule has 3 nitrogen and oxygen atoms in total. The van der Waals surface area contributed by atoms with Gasteiger partial charge in [-0.2, -0.15) is 0 Å². The molecule has 0 bridgehead atoms. The largest absolute Gasteiger partial charge is 0.326 e. The van der Waals surface area contributed by atoms with Crippen molar-refractivity contribution >= 4 is 39.9 Å². The van der Waals surface area contributed by atoms with Gasteiger partial charge in [-0.15, -0.1) is 0 Å². The van der Waals surface area contributed by atoms with Gasteiger partial charge in [0, 0.05) is 12.1 Å². The molecule has 18 heavy (non-hydrogen) atoms. The molecule has 0 aliphatic rings. The number of thiocarbonyl (C=S) groups is 1. The Hall–Kier alpha value is -0.940. The van der Waals surface area contributed by atoms with Crippen LogP contribution in [-0.4, -0.2) is 20.8 Å². The van der Waals surface area contributed by atoms with Gasteiger partial charge in [-0.25, -0.2) is 4.98 Å². The summed E-state index contributed by atoms with van der Waals surface area (Å²) in [5.74, 6) is 1.79. The number of nitrogens with zero attached hydrogens (tertiary/aromatic N) is 1. The molecule has 0 atom stereocenters. The Morgan fingerprint density at radius 1 is 1.50 bits per heavy atom. The number of rotatable bonds is 5. The highest BCUT2D eigenvalue weighted by Crippen LogP contribution is 2.12. The van der Waals surface area contributed by atoms with Crippen molar-refractivity contribution < 1.29 is 4.79 Å². The lowest BCUT2D eigenvalue weighted by molar-refractivity contribution is -0.117. The number of pyridine rings is 1. The molecule has 0 aromatic carbocycles. The molecule has 0 unspecified atom stereocenters. The lowest BCUT2D eigenvalue weighted by atomic mass is 10.1. The van der Waals surface area contributed by atoms with Crippen LogP contribution in [0.15, 0.2) is 18.2 Å². The molecule has 0 fully saturated rings. The Kier molecular flexibility index (Phi) is 6.29. The molecule has 0 saturated heterocycles. The Labute approximate surface area is 118 Å². The van der Waals surface area contributed by atoms with E-state index in [0.29, 0.717) is 22.4 Å². The van der Waals surface area contributed by atoms with E-state index >= 15 is 0 Å². The number of Topliss-reactive ketones (excluding diaryl/α,β-unsaturated/α-hetero) is 1. The van der Waals surface area contributed by atoms with Gasteiger partial charge in [0.1, 0.15) is 15.9 Å². The van der Waals surface area contributed by atoms with Crippen LogP contribution in [0.25, 0.3) is 0 Å². The van der Waals surface area contributed by atoms with Crippen LogP contribution in [0.1, 0.15) is 26.0 Å². The van der Waals surface area contributed by atoms with Crippen molar-refractivity contribution in [3.63, 3.8) is 0 Å². The molecular weight excluding hydrogens is 264 g/mol. The van der Waals surface area contributed by atoms with Gasteiger partial charge in [-0.3, -0.25) is 4.79 Å². The van der Waals surface area contributed by atoms with Gasteiger partial charge in [0.15, 0.2) is 0 Å². The molecule has 1 heterocycles. The van der Waals surface area contributed by atoms with E-state index in [2.05, 4.69) is 10.3 Å². The average molecular weight is 282 g/mol.